The lowest BCUT2D eigenvalue weighted by atomic mass is 9.85. The van der Waals surface area contributed by atoms with Gasteiger partial charge >= 0.3 is 0 Å². The van der Waals surface area contributed by atoms with Crippen LogP contribution in [0.25, 0.3) is 54.6 Å². The second-order valence-electron chi connectivity index (χ2n) is 13.0. The van der Waals surface area contributed by atoms with Crippen molar-refractivity contribution in [3.8, 4) is 33.7 Å². The predicted molar refractivity (Wildman–Crippen MR) is 221 cm³/mol. The largest absolute Gasteiger partial charge is 0.230 e. The zero-order valence-corrected chi connectivity index (χ0v) is 29.1. The Kier molecular flexibility index (Phi) is 7.86. The molecule has 9 rings (SSSR count). The maximum absolute atomic E-state index is 4.11. The Morgan fingerprint density at radius 3 is 1.45 bits per heavy atom. The summed E-state index contributed by atoms with van der Waals surface area (Å²) in [5.74, 6) is 3.95. The van der Waals surface area contributed by atoms with Gasteiger partial charge in [0.25, 0.3) is 0 Å². The smallest absolute Gasteiger partial charge is 0.109 e. The van der Waals surface area contributed by atoms with Crippen LogP contribution < -0.4 is 15.6 Å². The molecule has 0 atom stereocenters. The van der Waals surface area contributed by atoms with Crippen molar-refractivity contribution in [1.82, 2.24) is 0 Å². The molecule has 0 N–H and O–H groups in total. The molecule has 0 aliphatic heterocycles. The number of hydrogen-bond acceptors (Lipinski definition) is 0. The molecule has 0 amide bonds. The molecule has 238 valence electrons. The molecule has 0 saturated heterocycles. The second-order valence-corrected chi connectivity index (χ2v) is 16.5. The average Bonchev–Trinajstić information content (AvgIpc) is 3.22. The summed E-state index contributed by atoms with van der Waals surface area (Å²) in [6.07, 6.45) is 0. The molecule has 9 aromatic rings. The van der Waals surface area contributed by atoms with Crippen molar-refractivity contribution in [2.24, 2.45) is 0 Å². The summed E-state index contributed by atoms with van der Waals surface area (Å²) in [5, 5.41) is 11.1. The van der Waals surface area contributed by atoms with Gasteiger partial charge in [-0.3, -0.25) is 0 Å². The van der Waals surface area contributed by atoms with Crippen LogP contribution in [0.1, 0.15) is 5.56 Å². The molecule has 0 aromatic heterocycles. The van der Waals surface area contributed by atoms with Crippen molar-refractivity contribution in [3.63, 3.8) is 0 Å². The van der Waals surface area contributed by atoms with E-state index in [1.165, 1.54) is 70.1 Å². The van der Waals surface area contributed by atoms with E-state index in [9.17, 15) is 0 Å². The number of rotatable bonds is 5. The van der Waals surface area contributed by atoms with E-state index in [-0.39, 0.29) is 0 Å². The molecule has 0 radical (unpaired) electrons. The van der Waals surface area contributed by atoms with Gasteiger partial charge in [-0.15, -0.1) is 5.54 Å². The van der Waals surface area contributed by atoms with Crippen molar-refractivity contribution in [2.45, 2.75) is 0 Å². The van der Waals surface area contributed by atoms with Gasteiger partial charge in [0.05, 0.1) is 0 Å². The topological polar surface area (TPSA) is 0 Å². The first-order valence-corrected chi connectivity index (χ1v) is 19.5. The van der Waals surface area contributed by atoms with Crippen molar-refractivity contribution < 1.29 is 0 Å². The first-order valence-electron chi connectivity index (χ1n) is 17.5. The monoisotopic (exact) mass is 662 g/mol. The van der Waals surface area contributed by atoms with Gasteiger partial charge in [0.1, 0.15) is 0 Å². The molecule has 51 heavy (non-hydrogen) atoms. The summed E-state index contributed by atoms with van der Waals surface area (Å²) in [4.78, 5) is 0. The molecule has 0 fully saturated rings. The van der Waals surface area contributed by atoms with Crippen LogP contribution in [-0.4, -0.2) is 8.07 Å². The van der Waals surface area contributed by atoms with Crippen LogP contribution in [0.2, 0.25) is 0 Å². The van der Waals surface area contributed by atoms with E-state index in [1.807, 2.05) is 0 Å². The van der Waals surface area contributed by atoms with E-state index in [0.29, 0.717) is 0 Å². The van der Waals surface area contributed by atoms with E-state index >= 15 is 0 Å². The number of fused-ring (bicyclic) bond motifs is 3. The van der Waals surface area contributed by atoms with E-state index < -0.39 is 8.07 Å². The summed E-state index contributed by atoms with van der Waals surface area (Å²) in [6.45, 7) is 0. The lowest BCUT2D eigenvalue weighted by Crippen LogP contribution is -2.66. The predicted octanol–water partition coefficient (Wildman–Crippen LogP) is 10.5. The van der Waals surface area contributed by atoms with Crippen LogP contribution in [0, 0.1) is 11.5 Å². The lowest BCUT2D eigenvalue weighted by molar-refractivity contribution is 1.64. The van der Waals surface area contributed by atoms with Crippen LogP contribution in [0.3, 0.4) is 0 Å². The van der Waals surface area contributed by atoms with E-state index in [4.69, 9.17) is 0 Å². The van der Waals surface area contributed by atoms with Gasteiger partial charge in [0.15, 0.2) is 0 Å². The van der Waals surface area contributed by atoms with Gasteiger partial charge < -0.3 is 0 Å². The minimum absolute atomic E-state index is 1.07. The zero-order valence-electron chi connectivity index (χ0n) is 28.1. The maximum atomic E-state index is 4.11. The highest BCUT2D eigenvalue weighted by Gasteiger charge is 2.38. The molecular weight excluding hydrogens is 629 g/mol. The Morgan fingerprint density at radius 1 is 0.333 bits per heavy atom. The molecule has 9 aromatic carbocycles. The van der Waals surface area contributed by atoms with Gasteiger partial charge in [-0.2, -0.15) is 0 Å². The Morgan fingerprint density at radius 2 is 0.824 bits per heavy atom. The second kappa shape index (κ2) is 13.1. The maximum Gasteiger partial charge on any atom is 0.230 e. The fourth-order valence-electron chi connectivity index (χ4n) is 7.79. The van der Waals surface area contributed by atoms with Crippen molar-refractivity contribution in [3.05, 3.63) is 212 Å². The molecule has 0 bridgehead atoms. The molecule has 0 unspecified atom stereocenters. The first kappa shape index (κ1) is 30.6. The van der Waals surface area contributed by atoms with Crippen LogP contribution in [-0.2, 0) is 0 Å². The van der Waals surface area contributed by atoms with Gasteiger partial charge in [0, 0.05) is 5.56 Å². The fourth-order valence-corrected chi connectivity index (χ4v) is 11.6. The third-order valence-corrected chi connectivity index (χ3v) is 14.3. The Labute approximate surface area is 300 Å². The molecule has 0 spiro atoms. The molecule has 0 aliphatic rings. The molecule has 0 heterocycles. The number of hydrogen-bond donors (Lipinski definition) is 0. The van der Waals surface area contributed by atoms with Crippen LogP contribution in [0.4, 0.5) is 0 Å². The summed E-state index contributed by atoms with van der Waals surface area (Å²) in [6, 6.07) is 74.7. The van der Waals surface area contributed by atoms with E-state index in [0.717, 1.165) is 5.56 Å². The minimum Gasteiger partial charge on any atom is -0.109 e. The summed E-state index contributed by atoms with van der Waals surface area (Å²) >= 11 is 0. The third-order valence-electron chi connectivity index (χ3n) is 10.2. The molecule has 1 heteroatoms. The van der Waals surface area contributed by atoms with Crippen LogP contribution >= 0.6 is 0 Å². The Hall–Kier alpha value is -6.46. The minimum atomic E-state index is -2.82. The molecular formula is C50H34Si. The third kappa shape index (κ3) is 5.35. The fraction of sp³-hybridized carbons (Fsp3) is 0. The van der Waals surface area contributed by atoms with Gasteiger partial charge in [-0.25, -0.2) is 0 Å². The average molecular weight is 663 g/mol. The summed E-state index contributed by atoms with van der Waals surface area (Å²) in [5.41, 5.74) is 10.1. The highest BCUT2D eigenvalue weighted by Crippen LogP contribution is 2.43. The SMILES string of the molecule is C(#C[Si](c1ccccc1)(c1ccccc1)c1ccccc1)c1c2ccccc2c(-c2cccc3ccccc23)c2cc(-c3ccccc3)ccc12. The highest BCUT2D eigenvalue weighted by atomic mass is 28.3. The summed E-state index contributed by atoms with van der Waals surface area (Å²) < 4.78 is 0. The van der Waals surface area contributed by atoms with Gasteiger partial charge in [-0.05, 0) is 76.2 Å². The molecule has 0 nitrogen and oxygen atoms in total. The standard InChI is InChI=1S/C50H34Si/c1-5-18-37(19-6-1)39-32-33-45-46(34-35-51(40-22-7-2-8-23-40,41-24-9-3-10-25-41)42-26-11-4-12-27-42)44-29-15-16-30-48(44)50(49(45)36-39)47-31-17-21-38-20-13-14-28-43(38)47/h1-33,36H. The lowest BCUT2D eigenvalue weighted by Gasteiger charge is -2.28. The van der Waals surface area contributed by atoms with Crippen molar-refractivity contribution in [1.29, 1.82) is 0 Å². The van der Waals surface area contributed by atoms with Crippen molar-refractivity contribution >= 4 is 56.0 Å². The highest BCUT2D eigenvalue weighted by molar-refractivity contribution is 7.16. The van der Waals surface area contributed by atoms with Crippen LogP contribution in [0.5, 0.6) is 0 Å². The zero-order chi connectivity index (χ0) is 34.0. The number of benzene rings is 9. The molecule has 0 saturated carbocycles. The van der Waals surface area contributed by atoms with Crippen molar-refractivity contribution in [2.75, 3.05) is 0 Å². The summed E-state index contributed by atoms with van der Waals surface area (Å²) in [7, 11) is -2.82. The Bertz CT molecular complexity index is 2620. The molecule has 0 aliphatic carbocycles. The van der Waals surface area contributed by atoms with Gasteiger partial charge in [0.2, 0.25) is 8.07 Å². The van der Waals surface area contributed by atoms with E-state index in [2.05, 4.69) is 218 Å². The Balaban J connectivity index is 1.41. The van der Waals surface area contributed by atoms with Crippen LogP contribution in [0.15, 0.2) is 206 Å². The first-order chi connectivity index (χ1) is 25.3. The normalized spacial score (nSPS) is 11.4. The quantitative estimate of drug-likeness (QED) is 0.0745. The van der Waals surface area contributed by atoms with E-state index in [1.54, 1.807) is 0 Å². The van der Waals surface area contributed by atoms with Gasteiger partial charge in [-0.1, -0.05) is 206 Å².